The highest BCUT2D eigenvalue weighted by Gasteiger charge is 2.31. The smallest absolute Gasteiger partial charge is 0.253 e. The van der Waals surface area contributed by atoms with Crippen molar-refractivity contribution in [3.63, 3.8) is 0 Å². The first-order chi connectivity index (χ1) is 11.2. The lowest BCUT2D eigenvalue weighted by Gasteiger charge is -2.22. The Morgan fingerprint density at radius 2 is 1.91 bits per heavy atom. The van der Waals surface area contributed by atoms with Crippen LogP contribution in [0.4, 0.5) is 5.69 Å². The van der Waals surface area contributed by atoms with Crippen molar-refractivity contribution in [1.82, 2.24) is 10.2 Å². The number of carbonyl (C=O) groups is 2. The molecule has 3 heterocycles. The molecule has 0 aromatic heterocycles. The summed E-state index contributed by atoms with van der Waals surface area (Å²) in [7, 11) is 0. The molecule has 1 aromatic carbocycles. The molecule has 0 radical (unpaired) electrons. The zero-order valence-corrected chi connectivity index (χ0v) is 13.8. The van der Waals surface area contributed by atoms with Gasteiger partial charge in [0, 0.05) is 23.5 Å². The van der Waals surface area contributed by atoms with Gasteiger partial charge in [0.25, 0.3) is 5.91 Å². The number of likely N-dealkylation sites (tertiary alicyclic amines) is 1. The predicted octanol–water partition coefficient (Wildman–Crippen LogP) is 1.80. The van der Waals surface area contributed by atoms with Gasteiger partial charge in [0.15, 0.2) is 0 Å². The van der Waals surface area contributed by atoms with Crippen LogP contribution in [0, 0.1) is 11.8 Å². The van der Waals surface area contributed by atoms with Crippen molar-refractivity contribution >= 4 is 29.3 Å². The summed E-state index contributed by atoms with van der Waals surface area (Å²) in [4.78, 5) is 27.4. The van der Waals surface area contributed by atoms with Crippen molar-refractivity contribution in [2.45, 2.75) is 17.7 Å². The fourth-order valence-electron chi connectivity index (χ4n) is 3.82. The second-order valence-electron chi connectivity index (χ2n) is 6.60. The highest BCUT2D eigenvalue weighted by Crippen LogP contribution is 2.33. The maximum Gasteiger partial charge on any atom is 0.253 e. The van der Waals surface area contributed by atoms with Gasteiger partial charge in [-0.05, 0) is 56.0 Å². The Morgan fingerprint density at radius 3 is 2.65 bits per heavy atom. The summed E-state index contributed by atoms with van der Waals surface area (Å²) in [5.74, 6) is 1.97. The Hall–Kier alpha value is -1.53. The highest BCUT2D eigenvalue weighted by molar-refractivity contribution is 8.00. The summed E-state index contributed by atoms with van der Waals surface area (Å²) in [5, 5.41) is 6.32. The quantitative estimate of drug-likeness (QED) is 0.824. The minimum absolute atomic E-state index is 0.00203. The molecule has 4 rings (SSSR count). The lowest BCUT2D eigenvalue weighted by molar-refractivity contribution is -0.113. The van der Waals surface area contributed by atoms with Crippen LogP contribution in [-0.2, 0) is 4.79 Å². The van der Waals surface area contributed by atoms with E-state index >= 15 is 0 Å². The maximum absolute atomic E-state index is 12.8. The summed E-state index contributed by atoms with van der Waals surface area (Å²) in [6, 6.07) is 5.66. The number of fused-ring (bicyclic) bond motifs is 2. The molecule has 0 saturated carbocycles. The summed E-state index contributed by atoms with van der Waals surface area (Å²) < 4.78 is 0. The summed E-state index contributed by atoms with van der Waals surface area (Å²) in [5.41, 5.74) is 1.45. The number of amides is 2. The third kappa shape index (κ3) is 2.97. The van der Waals surface area contributed by atoms with Crippen LogP contribution in [0.25, 0.3) is 0 Å². The van der Waals surface area contributed by atoms with Gasteiger partial charge < -0.3 is 15.5 Å². The maximum atomic E-state index is 12.8. The molecular weight excluding hydrogens is 310 g/mol. The van der Waals surface area contributed by atoms with E-state index in [2.05, 4.69) is 10.6 Å². The molecule has 122 valence electrons. The first-order valence-corrected chi connectivity index (χ1v) is 9.26. The molecule has 0 spiro atoms. The second kappa shape index (κ2) is 6.17. The minimum Gasteiger partial charge on any atom is -0.339 e. The van der Waals surface area contributed by atoms with Crippen LogP contribution in [0.5, 0.6) is 0 Å². The summed E-state index contributed by atoms with van der Waals surface area (Å²) in [6.45, 7) is 3.85. The van der Waals surface area contributed by atoms with Gasteiger partial charge in [-0.2, -0.15) is 0 Å². The molecule has 6 heteroatoms. The topological polar surface area (TPSA) is 61.4 Å². The summed E-state index contributed by atoms with van der Waals surface area (Å²) in [6.07, 6.45) is 2.17. The van der Waals surface area contributed by atoms with Crippen molar-refractivity contribution in [1.29, 1.82) is 0 Å². The second-order valence-corrected chi connectivity index (χ2v) is 7.61. The van der Waals surface area contributed by atoms with Crippen LogP contribution < -0.4 is 10.6 Å². The van der Waals surface area contributed by atoms with E-state index < -0.39 is 0 Å². The SMILES string of the molecule is O=C1CSc2ccc(C(=O)N3CC[C@@H]4CNC[C@@H]4CC3)cc2N1. The van der Waals surface area contributed by atoms with E-state index in [1.807, 2.05) is 23.1 Å². The third-order valence-corrected chi connectivity index (χ3v) is 6.24. The standard InChI is InChI=1S/C17H21N3O2S/c21-16-10-23-15-2-1-11(7-14(15)19-16)17(22)20-5-3-12-8-18-9-13(12)4-6-20/h1-2,7,12-13,18H,3-6,8-10H2,(H,19,21)/t12-,13+. The molecular formula is C17H21N3O2S. The van der Waals surface area contributed by atoms with Crippen molar-refractivity contribution in [2.75, 3.05) is 37.2 Å². The van der Waals surface area contributed by atoms with Crippen LogP contribution in [0.3, 0.4) is 0 Å². The van der Waals surface area contributed by atoms with Gasteiger partial charge in [-0.25, -0.2) is 0 Å². The fraction of sp³-hybridized carbons (Fsp3) is 0.529. The Balaban J connectivity index is 1.50. The van der Waals surface area contributed by atoms with Crippen molar-refractivity contribution in [2.24, 2.45) is 11.8 Å². The Kier molecular flexibility index (Phi) is 4.03. The van der Waals surface area contributed by atoms with E-state index in [-0.39, 0.29) is 11.8 Å². The van der Waals surface area contributed by atoms with Gasteiger partial charge in [-0.3, -0.25) is 9.59 Å². The van der Waals surface area contributed by atoms with Crippen molar-refractivity contribution in [3.05, 3.63) is 23.8 Å². The fourth-order valence-corrected chi connectivity index (χ4v) is 4.61. The molecule has 3 aliphatic rings. The first kappa shape index (κ1) is 15.0. The number of benzene rings is 1. The first-order valence-electron chi connectivity index (χ1n) is 8.27. The Labute approximate surface area is 140 Å². The molecule has 23 heavy (non-hydrogen) atoms. The van der Waals surface area contributed by atoms with E-state index in [4.69, 9.17) is 0 Å². The number of carbonyl (C=O) groups excluding carboxylic acids is 2. The van der Waals surface area contributed by atoms with Crippen LogP contribution in [-0.4, -0.2) is 48.6 Å². The van der Waals surface area contributed by atoms with Gasteiger partial charge >= 0.3 is 0 Å². The largest absolute Gasteiger partial charge is 0.339 e. The lowest BCUT2D eigenvalue weighted by atomic mass is 9.92. The molecule has 0 bridgehead atoms. The monoisotopic (exact) mass is 331 g/mol. The summed E-state index contributed by atoms with van der Waals surface area (Å²) >= 11 is 1.52. The molecule has 1 aromatic rings. The number of hydrogen-bond donors (Lipinski definition) is 2. The highest BCUT2D eigenvalue weighted by atomic mass is 32.2. The van der Waals surface area contributed by atoms with Crippen LogP contribution in [0.15, 0.2) is 23.1 Å². The van der Waals surface area contributed by atoms with E-state index in [1.165, 1.54) is 11.8 Å². The average Bonchev–Trinajstić information content (AvgIpc) is 2.92. The van der Waals surface area contributed by atoms with Crippen molar-refractivity contribution < 1.29 is 9.59 Å². The number of thioether (sulfide) groups is 1. The zero-order chi connectivity index (χ0) is 15.8. The van der Waals surface area contributed by atoms with Gasteiger partial charge in [-0.1, -0.05) is 0 Å². The van der Waals surface area contributed by atoms with Gasteiger partial charge in [-0.15, -0.1) is 11.8 Å². The van der Waals surface area contributed by atoms with Crippen LogP contribution >= 0.6 is 11.8 Å². The minimum atomic E-state index is 0.00203. The number of rotatable bonds is 1. The van der Waals surface area contributed by atoms with Gasteiger partial charge in [0.05, 0.1) is 11.4 Å². The molecule has 2 atom stereocenters. The lowest BCUT2D eigenvalue weighted by Crippen LogP contribution is -2.33. The molecule has 0 unspecified atom stereocenters. The Morgan fingerprint density at radius 1 is 1.17 bits per heavy atom. The van der Waals surface area contributed by atoms with E-state index in [1.54, 1.807) is 0 Å². The van der Waals surface area contributed by atoms with E-state index in [0.29, 0.717) is 23.2 Å². The number of nitrogens with one attached hydrogen (secondary N) is 2. The van der Waals surface area contributed by atoms with E-state index in [0.717, 1.165) is 49.6 Å². The molecule has 3 aliphatic heterocycles. The number of nitrogens with zero attached hydrogens (tertiary/aromatic N) is 1. The number of hydrogen-bond acceptors (Lipinski definition) is 4. The molecule has 5 nitrogen and oxygen atoms in total. The molecule has 2 N–H and O–H groups in total. The van der Waals surface area contributed by atoms with Crippen LogP contribution in [0.2, 0.25) is 0 Å². The van der Waals surface area contributed by atoms with E-state index in [9.17, 15) is 9.59 Å². The molecule has 2 saturated heterocycles. The van der Waals surface area contributed by atoms with Gasteiger partial charge in [0.1, 0.15) is 0 Å². The van der Waals surface area contributed by atoms with Gasteiger partial charge in [0.2, 0.25) is 5.91 Å². The molecule has 2 amide bonds. The Bertz CT molecular complexity index is 635. The third-order valence-electron chi connectivity index (χ3n) is 5.17. The zero-order valence-electron chi connectivity index (χ0n) is 13.0. The molecule has 2 fully saturated rings. The van der Waals surface area contributed by atoms with Crippen molar-refractivity contribution in [3.8, 4) is 0 Å². The normalized spacial score (nSPS) is 27.0. The predicted molar refractivity (Wildman–Crippen MR) is 90.8 cm³/mol. The van der Waals surface area contributed by atoms with Crippen LogP contribution in [0.1, 0.15) is 23.2 Å². The molecule has 0 aliphatic carbocycles. The average molecular weight is 331 g/mol. The number of anilines is 1.